The third-order valence-electron chi connectivity index (χ3n) is 4.40. The van der Waals surface area contributed by atoms with Gasteiger partial charge in [-0.2, -0.15) is 0 Å². The Hall–Kier alpha value is -0.610. The van der Waals surface area contributed by atoms with Crippen molar-refractivity contribution in [2.45, 2.75) is 69.1 Å². The molecule has 2 aliphatic carbocycles. The van der Waals surface area contributed by atoms with Crippen molar-refractivity contribution in [2.24, 2.45) is 0 Å². The largest absolute Gasteiger partial charge is 0.468 e. The zero-order chi connectivity index (χ0) is 13.0. The smallest absolute Gasteiger partial charge is 0.326 e. The average molecular weight is 255 g/mol. The number of rotatable bonds is 4. The Morgan fingerprint density at radius 3 is 2.22 bits per heavy atom. The minimum absolute atomic E-state index is 0.125. The van der Waals surface area contributed by atoms with Crippen LogP contribution in [0.3, 0.4) is 0 Å². The first-order chi connectivity index (χ1) is 8.70. The first-order valence-electron chi connectivity index (χ1n) is 7.09. The van der Waals surface area contributed by atoms with Gasteiger partial charge < -0.3 is 9.47 Å². The molecular formula is C14H25NO3. The highest BCUT2D eigenvalue weighted by molar-refractivity contribution is 5.82. The van der Waals surface area contributed by atoms with Crippen molar-refractivity contribution in [1.29, 1.82) is 0 Å². The standard InChI is InChI=1S/C14H25NO3/c1-17-12-9-14(10-12,13(16)18-2)15-11-7-5-3-4-6-8-11/h11-12,15H,3-10H2,1-2H3. The van der Waals surface area contributed by atoms with E-state index in [1.807, 2.05) is 0 Å². The summed E-state index contributed by atoms with van der Waals surface area (Å²) in [6, 6.07) is 0.462. The van der Waals surface area contributed by atoms with Crippen LogP contribution in [0, 0.1) is 0 Å². The van der Waals surface area contributed by atoms with Crippen LogP contribution in [-0.4, -0.2) is 37.9 Å². The highest BCUT2D eigenvalue weighted by Gasteiger charge is 2.52. The Balaban J connectivity index is 1.95. The van der Waals surface area contributed by atoms with E-state index in [4.69, 9.17) is 9.47 Å². The summed E-state index contributed by atoms with van der Waals surface area (Å²) in [6.45, 7) is 0. The Bertz CT molecular complexity index is 279. The fourth-order valence-electron chi connectivity index (χ4n) is 3.24. The number of carbonyl (C=O) groups is 1. The van der Waals surface area contributed by atoms with Gasteiger partial charge in [-0.3, -0.25) is 10.1 Å². The number of carbonyl (C=O) groups excluding carboxylic acids is 1. The van der Waals surface area contributed by atoms with E-state index < -0.39 is 5.54 Å². The molecule has 0 aromatic rings. The first kappa shape index (κ1) is 13.8. The molecule has 0 atom stereocenters. The van der Waals surface area contributed by atoms with E-state index >= 15 is 0 Å². The third kappa shape index (κ3) is 2.86. The number of ether oxygens (including phenoxy) is 2. The van der Waals surface area contributed by atoms with Gasteiger partial charge in [0.2, 0.25) is 0 Å². The van der Waals surface area contributed by atoms with E-state index in [0.29, 0.717) is 6.04 Å². The molecule has 2 fully saturated rings. The van der Waals surface area contributed by atoms with Gasteiger partial charge in [0.1, 0.15) is 5.54 Å². The van der Waals surface area contributed by atoms with Crippen LogP contribution in [0.2, 0.25) is 0 Å². The summed E-state index contributed by atoms with van der Waals surface area (Å²) in [4.78, 5) is 12.0. The molecule has 4 heteroatoms. The summed E-state index contributed by atoms with van der Waals surface area (Å²) < 4.78 is 10.3. The molecule has 0 aromatic heterocycles. The van der Waals surface area contributed by atoms with E-state index in [1.54, 1.807) is 7.11 Å². The van der Waals surface area contributed by atoms with E-state index in [-0.39, 0.29) is 12.1 Å². The second kappa shape index (κ2) is 6.02. The maximum atomic E-state index is 12.0. The van der Waals surface area contributed by atoms with E-state index in [1.165, 1.54) is 45.6 Å². The Labute approximate surface area is 109 Å². The molecule has 0 aliphatic heterocycles. The molecule has 0 spiro atoms. The topological polar surface area (TPSA) is 47.6 Å². The molecule has 18 heavy (non-hydrogen) atoms. The Morgan fingerprint density at radius 2 is 1.72 bits per heavy atom. The zero-order valence-corrected chi connectivity index (χ0v) is 11.5. The van der Waals surface area contributed by atoms with Gasteiger partial charge >= 0.3 is 5.97 Å². The van der Waals surface area contributed by atoms with Crippen LogP contribution in [0.15, 0.2) is 0 Å². The van der Waals surface area contributed by atoms with Gasteiger partial charge in [-0.05, 0) is 12.8 Å². The van der Waals surface area contributed by atoms with Crippen molar-refractivity contribution < 1.29 is 14.3 Å². The second-order valence-electron chi connectivity index (χ2n) is 5.67. The number of hydrogen-bond donors (Lipinski definition) is 1. The molecule has 2 rings (SSSR count). The predicted octanol–water partition coefficient (Wildman–Crippen LogP) is 2.02. The van der Waals surface area contributed by atoms with Crippen LogP contribution in [-0.2, 0) is 14.3 Å². The minimum atomic E-state index is -0.482. The molecule has 0 radical (unpaired) electrons. The van der Waals surface area contributed by atoms with Crippen LogP contribution >= 0.6 is 0 Å². The fraction of sp³-hybridized carbons (Fsp3) is 0.929. The molecule has 0 bridgehead atoms. The Kier molecular flexibility index (Phi) is 4.62. The number of nitrogens with one attached hydrogen (secondary N) is 1. The van der Waals surface area contributed by atoms with Crippen LogP contribution in [0.5, 0.6) is 0 Å². The molecule has 0 saturated heterocycles. The van der Waals surface area contributed by atoms with Crippen molar-refractivity contribution >= 4 is 5.97 Å². The van der Waals surface area contributed by atoms with Crippen molar-refractivity contribution in [3.63, 3.8) is 0 Å². The molecular weight excluding hydrogens is 230 g/mol. The van der Waals surface area contributed by atoms with Crippen molar-refractivity contribution in [1.82, 2.24) is 5.32 Å². The number of methoxy groups -OCH3 is 2. The highest BCUT2D eigenvalue weighted by Crippen LogP contribution is 2.37. The summed E-state index contributed by atoms with van der Waals surface area (Å²) in [5.41, 5.74) is -0.482. The van der Waals surface area contributed by atoms with Crippen LogP contribution in [0.4, 0.5) is 0 Å². The summed E-state index contributed by atoms with van der Waals surface area (Å²) in [5, 5.41) is 3.57. The quantitative estimate of drug-likeness (QED) is 0.617. The van der Waals surface area contributed by atoms with Gasteiger partial charge in [0.25, 0.3) is 0 Å². The van der Waals surface area contributed by atoms with Gasteiger partial charge in [0.15, 0.2) is 0 Å². The van der Waals surface area contributed by atoms with Crippen molar-refractivity contribution in [3.8, 4) is 0 Å². The lowest BCUT2D eigenvalue weighted by atomic mass is 9.73. The molecule has 0 amide bonds. The van der Waals surface area contributed by atoms with Gasteiger partial charge in [-0.1, -0.05) is 25.7 Å². The van der Waals surface area contributed by atoms with Crippen molar-refractivity contribution in [3.05, 3.63) is 0 Å². The van der Waals surface area contributed by atoms with Crippen LogP contribution in [0.25, 0.3) is 0 Å². The molecule has 2 saturated carbocycles. The summed E-state index contributed by atoms with van der Waals surface area (Å²) in [6.07, 6.45) is 9.22. The maximum Gasteiger partial charge on any atom is 0.326 e. The van der Waals surface area contributed by atoms with Crippen LogP contribution < -0.4 is 5.32 Å². The second-order valence-corrected chi connectivity index (χ2v) is 5.67. The molecule has 2 aliphatic rings. The fourth-order valence-corrected chi connectivity index (χ4v) is 3.24. The van der Waals surface area contributed by atoms with Gasteiger partial charge in [0.05, 0.1) is 13.2 Å². The normalized spacial score (nSPS) is 33.6. The first-order valence-corrected chi connectivity index (χ1v) is 7.09. The van der Waals surface area contributed by atoms with Gasteiger partial charge in [0, 0.05) is 26.0 Å². The van der Waals surface area contributed by atoms with E-state index in [2.05, 4.69) is 5.32 Å². The summed E-state index contributed by atoms with van der Waals surface area (Å²) in [5.74, 6) is -0.125. The molecule has 0 unspecified atom stereocenters. The lowest BCUT2D eigenvalue weighted by molar-refractivity contribution is -0.161. The van der Waals surface area contributed by atoms with Crippen molar-refractivity contribution in [2.75, 3.05) is 14.2 Å². The molecule has 1 N–H and O–H groups in total. The summed E-state index contributed by atoms with van der Waals surface area (Å²) in [7, 11) is 3.18. The molecule has 0 heterocycles. The number of esters is 1. The lowest BCUT2D eigenvalue weighted by Crippen LogP contribution is -2.65. The SMILES string of the molecule is COC(=O)C1(NC2CCCCCC2)CC(OC)C1. The predicted molar refractivity (Wildman–Crippen MR) is 69.4 cm³/mol. The monoisotopic (exact) mass is 255 g/mol. The summed E-state index contributed by atoms with van der Waals surface area (Å²) >= 11 is 0. The van der Waals surface area contributed by atoms with E-state index in [0.717, 1.165) is 12.8 Å². The Morgan fingerprint density at radius 1 is 1.11 bits per heavy atom. The van der Waals surface area contributed by atoms with Gasteiger partial charge in [-0.25, -0.2) is 0 Å². The molecule has 0 aromatic carbocycles. The highest BCUT2D eigenvalue weighted by atomic mass is 16.5. The molecule has 104 valence electrons. The number of hydrogen-bond acceptors (Lipinski definition) is 4. The van der Waals surface area contributed by atoms with Gasteiger partial charge in [-0.15, -0.1) is 0 Å². The maximum absolute atomic E-state index is 12.0. The average Bonchev–Trinajstić information content (AvgIpc) is 2.60. The van der Waals surface area contributed by atoms with E-state index in [9.17, 15) is 4.79 Å². The minimum Gasteiger partial charge on any atom is -0.468 e. The molecule has 4 nitrogen and oxygen atoms in total. The third-order valence-corrected chi connectivity index (χ3v) is 4.40. The van der Waals surface area contributed by atoms with Crippen LogP contribution in [0.1, 0.15) is 51.4 Å². The zero-order valence-electron chi connectivity index (χ0n) is 11.5. The lowest BCUT2D eigenvalue weighted by Gasteiger charge is -2.46.